The smallest absolute Gasteiger partial charge is 0.319 e. The van der Waals surface area contributed by atoms with Gasteiger partial charge in [0.2, 0.25) is 15.9 Å². The highest BCUT2D eigenvalue weighted by atomic mass is 32.2. The Hall–Kier alpha value is -2.91. The van der Waals surface area contributed by atoms with Crippen LogP contribution in [0.15, 0.2) is 47.4 Å². The summed E-state index contributed by atoms with van der Waals surface area (Å²) in [4.78, 5) is 23.9. The predicted molar refractivity (Wildman–Crippen MR) is 108 cm³/mol. The van der Waals surface area contributed by atoms with Gasteiger partial charge in [-0.1, -0.05) is 25.1 Å². The molecule has 0 saturated carbocycles. The Balaban J connectivity index is 2.05. The lowest BCUT2D eigenvalue weighted by Crippen LogP contribution is -2.31. The Morgan fingerprint density at radius 2 is 1.71 bits per heavy atom. The average Bonchev–Trinajstić information content (AvgIpc) is 2.63. The van der Waals surface area contributed by atoms with Crippen LogP contribution in [-0.4, -0.2) is 20.4 Å². The molecule has 0 fully saturated rings. The minimum atomic E-state index is -3.76. The Morgan fingerprint density at radius 3 is 2.29 bits per heavy atom. The van der Waals surface area contributed by atoms with Gasteiger partial charge in [0.25, 0.3) is 0 Å². The summed E-state index contributed by atoms with van der Waals surface area (Å²) in [5.41, 5.74) is 2.74. The van der Waals surface area contributed by atoms with Gasteiger partial charge in [-0.3, -0.25) is 4.79 Å². The zero-order valence-electron chi connectivity index (χ0n) is 15.9. The maximum absolute atomic E-state index is 12.3. The van der Waals surface area contributed by atoms with Crippen molar-refractivity contribution in [3.63, 3.8) is 0 Å². The summed E-state index contributed by atoms with van der Waals surface area (Å²) in [5, 5.41) is 13.4. The van der Waals surface area contributed by atoms with Gasteiger partial charge in [0.15, 0.2) is 0 Å². The van der Waals surface area contributed by atoms with Crippen molar-refractivity contribution in [2.45, 2.75) is 38.1 Å². The monoisotopic (exact) mass is 404 g/mol. The summed E-state index contributed by atoms with van der Waals surface area (Å²) in [6, 6.07) is 10.4. The first-order chi connectivity index (χ1) is 13.1. The summed E-state index contributed by atoms with van der Waals surface area (Å²) in [6.07, 6.45) is 0.360. The van der Waals surface area contributed by atoms with Gasteiger partial charge in [-0.05, 0) is 49.2 Å². The van der Waals surface area contributed by atoms with Gasteiger partial charge in [-0.2, -0.15) is 0 Å². The number of aryl methyl sites for hydroxylation is 1. The maximum Gasteiger partial charge on any atom is 0.319 e. The lowest BCUT2D eigenvalue weighted by molar-refractivity contribution is -0.115. The van der Waals surface area contributed by atoms with Crippen LogP contribution in [-0.2, 0) is 14.8 Å². The minimum Gasteiger partial charge on any atom is -0.331 e. The summed E-state index contributed by atoms with van der Waals surface area (Å²) >= 11 is 0. The molecule has 1 unspecified atom stereocenters. The number of nitrogens with two attached hydrogens (primary N) is 1. The standard InChI is InChI=1S/C19H24N4O4S/c1-4-18(24)22-15-8-5-12(2)17(11-15)23-19(25)21-13(3)14-6-9-16(10-7-14)28(20,26)27/h5-11,13H,4H2,1-3H3,(H,22,24)(H2,20,26,27)(H2,21,23,25). The molecular weight excluding hydrogens is 380 g/mol. The van der Waals surface area contributed by atoms with Crippen LogP contribution in [0.25, 0.3) is 0 Å². The minimum absolute atomic E-state index is 0.00877. The van der Waals surface area contributed by atoms with E-state index in [-0.39, 0.29) is 16.8 Å². The third-order valence-electron chi connectivity index (χ3n) is 4.15. The van der Waals surface area contributed by atoms with Gasteiger partial charge in [-0.15, -0.1) is 0 Å². The van der Waals surface area contributed by atoms with Crippen LogP contribution in [0.2, 0.25) is 0 Å². The Morgan fingerprint density at radius 1 is 1.07 bits per heavy atom. The van der Waals surface area contributed by atoms with Gasteiger partial charge in [-0.25, -0.2) is 18.4 Å². The van der Waals surface area contributed by atoms with E-state index in [1.807, 2.05) is 6.92 Å². The van der Waals surface area contributed by atoms with E-state index in [0.717, 1.165) is 11.1 Å². The molecule has 0 aliphatic heterocycles. The van der Waals surface area contributed by atoms with E-state index in [1.165, 1.54) is 12.1 Å². The number of carbonyl (C=O) groups excluding carboxylic acids is 2. The van der Waals surface area contributed by atoms with E-state index in [9.17, 15) is 18.0 Å². The van der Waals surface area contributed by atoms with Gasteiger partial charge in [0, 0.05) is 17.8 Å². The number of carbonyl (C=O) groups is 2. The van der Waals surface area contributed by atoms with Gasteiger partial charge in [0.1, 0.15) is 0 Å². The van der Waals surface area contributed by atoms with E-state index in [4.69, 9.17) is 5.14 Å². The first kappa shape index (κ1) is 21.4. The molecule has 0 aliphatic rings. The van der Waals surface area contributed by atoms with Gasteiger partial charge >= 0.3 is 6.03 Å². The molecular formula is C19H24N4O4S. The lowest BCUT2D eigenvalue weighted by Gasteiger charge is -2.17. The number of amides is 3. The molecule has 2 aromatic rings. The number of anilines is 2. The quantitative estimate of drug-likeness (QED) is 0.589. The molecule has 1 atom stereocenters. The lowest BCUT2D eigenvalue weighted by atomic mass is 10.1. The molecule has 0 aliphatic carbocycles. The molecule has 0 heterocycles. The number of primary sulfonamides is 1. The average molecular weight is 404 g/mol. The Kier molecular flexibility index (Phi) is 6.76. The molecule has 0 saturated heterocycles. The van der Waals surface area contributed by atoms with Crippen LogP contribution < -0.4 is 21.1 Å². The summed E-state index contributed by atoms with van der Waals surface area (Å²) in [7, 11) is -3.76. The zero-order valence-corrected chi connectivity index (χ0v) is 16.8. The number of sulfonamides is 1. The van der Waals surface area contributed by atoms with E-state index in [2.05, 4.69) is 16.0 Å². The van der Waals surface area contributed by atoms with Crippen molar-refractivity contribution in [1.29, 1.82) is 0 Å². The number of hydrogen-bond acceptors (Lipinski definition) is 4. The maximum atomic E-state index is 12.3. The van der Waals surface area contributed by atoms with Crippen molar-refractivity contribution in [1.82, 2.24) is 5.32 Å². The van der Waals surface area contributed by atoms with Crippen LogP contribution in [0.1, 0.15) is 37.4 Å². The molecule has 2 rings (SSSR count). The second kappa shape index (κ2) is 8.85. The first-order valence-electron chi connectivity index (χ1n) is 8.71. The Labute approximate surface area is 164 Å². The highest BCUT2D eigenvalue weighted by molar-refractivity contribution is 7.89. The van der Waals surface area contributed by atoms with Crippen LogP contribution in [0, 0.1) is 6.92 Å². The molecule has 0 bridgehead atoms. The fourth-order valence-corrected chi connectivity index (χ4v) is 2.98. The molecule has 150 valence electrons. The van der Waals surface area contributed by atoms with E-state index in [0.29, 0.717) is 17.8 Å². The topological polar surface area (TPSA) is 130 Å². The van der Waals surface area contributed by atoms with E-state index in [1.54, 1.807) is 44.2 Å². The molecule has 3 amide bonds. The predicted octanol–water partition coefficient (Wildman–Crippen LogP) is 2.87. The number of hydrogen-bond donors (Lipinski definition) is 4. The summed E-state index contributed by atoms with van der Waals surface area (Å²) in [5.74, 6) is -0.115. The van der Waals surface area contributed by atoms with E-state index < -0.39 is 16.1 Å². The summed E-state index contributed by atoms with van der Waals surface area (Å²) < 4.78 is 22.6. The van der Waals surface area contributed by atoms with Crippen molar-refractivity contribution in [2.75, 3.05) is 10.6 Å². The summed E-state index contributed by atoms with van der Waals surface area (Å²) in [6.45, 7) is 5.37. The number of rotatable bonds is 6. The van der Waals surface area contributed by atoms with Crippen LogP contribution in [0.4, 0.5) is 16.2 Å². The highest BCUT2D eigenvalue weighted by Gasteiger charge is 2.13. The van der Waals surface area contributed by atoms with Crippen molar-refractivity contribution >= 4 is 33.3 Å². The SMILES string of the molecule is CCC(=O)Nc1ccc(C)c(NC(=O)NC(C)c2ccc(S(N)(=O)=O)cc2)c1. The molecule has 9 heteroatoms. The fraction of sp³-hybridized carbons (Fsp3) is 0.263. The van der Waals surface area contributed by atoms with Crippen LogP contribution >= 0.6 is 0 Å². The molecule has 28 heavy (non-hydrogen) atoms. The van der Waals surface area contributed by atoms with Crippen molar-refractivity contribution in [3.8, 4) is 0 Å². The fourth-order valence-electron chi connectivity index (χ4n) is 2.47. The number of nitrogens with one attached hydrogen (secondary N) is 3. The van der Waals surface area contributed by atoms with E-state index >= 15 is 0 Å². The normalized spacial score (nSPS) is 12.1. The molecule has 0 aromatic heterocycles. The molecule has 2 aromatic carbocycles. The van der Waals surface area contributed by atoms with Crippen molar-refractivity contribution < 1.29 is 18.0 Å². The first-order valence-corrected chi connectivity index (χ1v) is 10.3. The second-order valence-corrected chi connectivity index (χ2v) is 7.93. The zero-order chi connectivity index (χ0) is 20.9. The van der Waals surface area contributed by atoms with Crippen molar-refractivity contribution in [2.24, 2.45) is 5.14 Å². The van der Waals surface area contributed by atoms with Crippen LogP contribution in [0.3, 0.4) is 0 Å². The molecule has 0 radical (unpaired) electrons. The third-order valence-corrected chi connectivity index (χ3v) is 5.08. The molecule has 8 nitrogen and oxygen atoms in total. The molecule has 5 N–H and O–H groups in total. The highest BCUT2D eigenvalue weighted by Crippen LogP contribution is 2.21. The largest absolute Gasteiger partial charge is 0.331 e. The van der Waals surface area contributed by atoms with Gasteiger partial charge in [0.05, 0.1) is 10.9 Å². The van der Waals surface area contributed by atoms with Gasteiger partial charge < -0.3 is 16.0 Å². The Bertz CT molecular complexity index is 972. The van der Waals surface area contributed by atoms with Crippen molar-refractivity contribution in [3.05, 3.63) is 53.6 Å². The third kappa shape index (κ3) is 5.80. The molecule has 0 spiro atoms. The van der Waals surface area contributed by atoms with Crippen LogP contribution in [0.5, 0.6) is 0 Å². The second-order valence-electron chi connectivity index (χ2n) is 6.37. The number of benzene rings is 2. The number of urea groups is 1.